The molecule has 0 aromatic heterocycles. The highest BCUT2D eigenvalue weighted by Gasteiger charge is 2.15. The number of rotatable bonds is 9. The molecular weight excluding hydrogens is 432 g/mol. The number of sulfonamides is 1. The van der Waals surface area contributed by atoms with Gasteiger partial charge in [0.05, 0.1) is 11.4 Å². The molecule has 6 nitrogen and oxygen atoms in total. The van der Waals surface area contributed by atoms with Crippen LogP contribution in [0.4, 0.5) is 0 Å². The van der Waals surface area contributed by atoms with E-state index in [0.717, 1.165) is 11.3 Å². The van der Waals surface area contributed by atoms with Crippen LogP contribution in [0.5, 0.6) is 5.75 Å². The van der Waals surface area contributed by atoms with Gasteiger partial charge in [-0.1, -0.05) is 34.1 Å². The summed E-state index contributed by atoms with van der Waals surface area (Å²) in [6, 6.07) is 14.1. The summed E-state index contributed by atoms with van der Waals surface area (Å²) in [5.74, 6) is 0.609. The van der Waals surface area contributed by atoms with Crippen LogP contribution in [0, 0.1) is 6.92 Å². The number of carbonyl (C=O) groups is 1. The molecule has 0 fully saturated rings. The fourth-order valence-electron chi connectivity index (χ4n) is 2.33. The van der Waals surface area contributed by atoms with Gasteiger partial charge in [0, 0.05) is 24.5 Å². The first-order valence-electron chi connectivity index (χ1n) is 8.46. The van der Waals surface area contributed by atoms with Crippen molar-refractivity contribution >= 4 is 31.9 Å². The standard InChI is InChI=1S/C19H23BrN2O4S/c1-15-5-3-7-17(13-15)26-12-11-22(2)19(23)9-10-21-27(24,25)18-8-4-6-16(20)14-18/h3-8,13-14,21H,9-12H2,1-2H3. The Hall–Kier alpha value is -1.90. The molecule has 27 heavy (non-hydrogen) atoms. The predicted octanol–water partition coefficient (Wildman–Crippen LogP) is 2.96. The van der Waals surface area contributed by atoms with Gasteiger partial charge in [-0.05, 0) is 42.8 Å². The van der Waals surface area contributed by atoms with Gasteiger partial charge in [0.1, 0.15) is 12.4 Å². The summed E-state index contributed by atoms with van der Waals surface area (Å²) in [7, 11) is -1.97. The number of likely N-dealkylation sites (N-methyl/N-ethyl adjacent to an activating group) is 1. The number of hydrogen-bond acceptors (Lipinski definition) is 4. The fourth-order valence-corrected chi connectivity index (χ4v) is 3.96. The molecule has 1 amide bonds. The highest BCUT2D eigenvalue weighted by atomic mass is 79.9. The Morgan fingerprint density at radius 1 is 1.19 bits per heavy atom. The summed E-state index contributed by atoms with van der Waals surface area (Å²) in [5.41, 5.74) is 1.11. The Morgan fingerprint density at radius 3 is 2.63 bits per heavy atom. The highest BCUT2D eigenvalue weighted by Crippen LogP contribution is 2.16. The summed E-state index contributed by atoms with van der Waals surface area (Å²) < 4.78 is 33.2. The van der Waals surface area contributed by atoms with Crippen LogP contribution in [0.25, 0.3) is 0 Å². The third-order valence-corrected chi connectivity index (χ3v) is 5.80. The molecule has 0 spiro atoms. The minimum atomic E-state index is -3.64. The summed E-state index contributed by atoms with van der Waals surface area (Å²) in [4.78, 5) is 13.8. The van der Waals surface area contributed by atoms with E-state index in [-0.39, 0.29) is 23.8 Å². The van der Waals surface area contributed by atoms with E-state index in [2.05, 4.69) is 20.7 Å². The van der Waals surface area contributed by atoms with Crippen molar-refractivity contribution in [1.29, 1.82) is 0 Å². The number of halogens is 1. The van der Waals surface area contributed by atoms with Crippen molar-refractivity contribution in [2.24, 2.45) is 0 Å². The van der Waals surface area contributed by atoms with E-state index in [9.17, 15) is 13.2 Å². The summed E-state index contributed by atoms with van der Waals surface area (Å²) in [6.45, 7) is 2.81. The van der Waals surface area contributed by atoms with Gasteiger partial charge in [0.25, 0.3) is 0 Å². The minimum absolute atomic E-state index is 0.0384. The first-order chi connectivity index (χ1) is 12.8. The number of amides is 1. The second-order valence-corrected chi connectivity index (χ2v) is 8.77. The van der Waals surface area contributed by atoms with Gasteiger partial charge >= 0.3 is 0 Å². The van der Waals surface area contributed by atoms with Crippen LogP contribution in [0.2, 0.25) is 0 Å². The molecule has 0 aliphatic rings. The molecule has 0 unspecified atom stereocenters. The topological polar surface area (TPSA) is 75.7 Å². The van der Waals surface area contributed by atoms with E-state index >= 15 is 0 Å². The van der Waals surface area contributed by atoms with Crippen molar-refractivity contribution < 1.29 is 17.9 Å². The van der Waals surface area contributed by atoms with Gasteiger partial charge in [0.2, 0.25) is 15.9 Å². The first-order valence-corrected chi connectivity index (χ1v) is 10.7. The molecule has 8 heteroatoms. The number of nitrogens with one attached hydrogen (secondary N) is 1. The monoisotopic (exact) mass is 454 g/mol. The third-order valence-electron chi connectivity index (χ3n) is 3.85. The Balaban J connectivity index is 1.74. The smallest absolute Gasteiger partial charge is 0.240 e. The molecule has 146 valence electrons. The zero-order chi connectivity index (χ0) is 19.9. The molecule has 0 saturated carbocycles. The normalized spacial score (nSPS) is 11.2. The molecule has 2 rings (SSSR count). The van der Waals surface area contributed by atoms with Crippen molar-refractivity contribution in [1.82, 2.24) is 9.62 Å². The van der Waals surface area contributed by atoms with Gasteiger partial charge in [-0.25, -0.2) is 13.1 Å². The van der Waals surface area contributed by atoms with Gasteiger partial charge < -0.3 is 9.64 Å². The van der Waals surface area contributed by atoms with Crippen LogP contribution in [0.15, 0.2) is 57.9 Å². The SMILES string of the molecule is Cc1cccc(OCCN(C)C(=O)CCNS(=O)(=O)c2cccc(Br)c2)c1. The molecule has 0 saturated heterocycles. The van der Waals surface area contributed by atoms with Crippen molar-refractivity contribution in [2.45, 2.75) is 18.2 Å². The van der Waals surface area contributed by atoms with E-state index < -0.39 is 10.0 Å². The van der Waals surface area contributed by atoms with E-state index in [1.54, 1.807) is 19.2 Å². The lowest BCUT2D eigenvalue weighted by Gasteiger charge is -2.18. The van der Waals surface area contributed by atoms with E-state index in [0.29, 0.717) is 17.6 Å². The van der Waals surface area contributed by atoms with Crippen molar-refractivity contribution in [2.75, 3.05) is 26.7 Å². The molecule has 2 aromatic rings. The molecule has 0 atom stereocenters. The average Bonchev–Trinajstić information content (AvgIpc) is 2.61. The van der Waals surface area contributed by atoms with Gasteiger partial charge in [0.15, 0.2) is 0 Å². The minimum Gasteiger partial charge on any atom is -0.492 e. The highest BCUT2D eigenvalue weighted by molar-refractivity contribution is 9.10. The molecule has 0 aliphatic heterocycles. The van der Waals surface area contributed by atoms with Crippen LogP contribution in [0.1, 0.15) is 12.0 Å². The lowest BCUT2D eigenvalue weighted by molar-refractivity contribution is -0.130. The molecule has 1 N–H and O–H groups in total. The number of carbonyl (C=O) groups excluding carboxylic acids is 1. The Labute approximate surface area is 168 Å². The maximum atomic E-state index is 12.2. The molecule has 0 radical (unpaired) electrons. The van der Waals surface area contributed by atoms with Crippen molar-refractivity contribution in [3.05, 3.63) is 58.6 Å². The maximum Gasteiger partial charge on any atom is 0.240 e. The number of benzene rings is 2. The van der Waals surface area contributed by atoms with Gasteiger partial charge in [-0.3, -0.25) is 4.79 Å². The lowest BCUT2D eigenvalue weighted by Crippen LogP contribution is -2.34. The van der Waals surface area contributed by atoms with Crippen LogP contribution in [0.3, 0.4) is 0 Å². The number of nitrogens with zero attached hydrogens (tertiary/aromatic N) is 1. The van der Waals surface area contributed by atoms with E-state index in [1.807, 2.05) is 31.2 Å². The number of ether oxygens (including phenoxy) is 1. The average molecular weight is 455 g/mol. The summed E-state index contributed by atoms with van der Waals surface area (Å²) >= 11 is 3.24. The second-order valence-electron chi connectivity index (χ2n) is 6.09. The Morgan fingerprint density at radius 2 is 1.93 bits per heavy atom. The van der Waals surface area contributed by atoms with E-state index in [4.69, 9.17) is 4.74 Å². The zero-order valence-corrected chi connectivity index (χ0v) is 17.7. The van der Waals surface area contributed by atoms with Crippen molar-refractivity contribution in [3.8, 4) is 5.75 Å². The summed E-state index contributed by atoms with van der Waals surface area (Å²) in [5, 5.41) is 0. The largest absolute Gasteiger partial charge is 0.492 e. The van der Waals surface area contributed by atoms with Crippen molar-refractivity contribution in [3.63, 3.8) is 0 Å². The summed E-state index contributed by atoms with van der Waals surface area (Å²) in [6.07, 6.45) is 0.0776. The van der Waals surface area contributed by atoms with Crippen LogP contribution in [-0.4, -0.2) is 46.0 Å². The van der Waals surface area contributed by atoms with E-state index in [1.165, 1.54) is 17.0 Å². The van der Waals surface area contributed by atoms with Crippen LogP contribution < -0.4 is 9.46 Å². The molecule has 0 aliphatic carbocycles. The second kappa shape index (κ2) is 9.87. The first kappa shape index (κ1) is 21.4. The van der Waals surface area contributed by atoms with Gasteiger partial charge in [-0.2, -0.15) is 0 Å². The van der Waals surface area contributed by atoms with Crippen LogP contribution in [-0.2, 0) is 14.8 Å². The lowest BCUT2D eigenvalue weighted by atomic mass is 10.2. The fraction of sp³-hybridized carbons (Fsp3) is 0.316. The number of aryl methyl sites for hydroxylation is 1. The molecule has 0 heterocycles. The Bertz CT molecular complexity index is 887. The molecular formula is C19H23BrN2O4S. The third kappa shape index (κ3) is 6.97. The molecule has 0 bridgehead atoms. The van der Waals surface area contributed by atoms with Crippen LogP contribution >= 0.6 is 15.9 Å². The maximum absolute atomic E-state index is 12.2. The predicted molar refractivity (Wildman–Crippen MR) is 108 cm³/mol. The Kier molecular flexibility index (Phi) is 7.82. The quantitative estimate of drug-likeness (QED) is 0.631. The zero-order valence-electron chi connectivity index (χ0n) is 15.3. The number of hydrogen-bond donors (Lipinski definition) is 1. The molecule has 2 aromatic carbocycles. The van der Waals surface area contributed by atoms with Gasteiger partial charge in [-0.15, -0.1) is 0 Å².